The summed E-state index contributed by atoms with van der Waals surface area (Å²) >= 11 is 3.34. The minimum Gasteiger partial charge on any atom is -0.496 e. The summed E-state index contributed by atoms with van der Waals surface area (Å²) in [6, 6.07) is 3.58. The number of ether oxygens (including phenoxy) is 1. The van der Waals surface area contributed by atoms with Crippen molar-refractivity contribution in [2.45, 2.75) is 20.3 Å². The first kappa shape index (κ1) is 14.7. The minimum absolute atomic E-state index is 0.0704. The van der Waals surface area contributed by atoms with Gasteiger partial charge >= 0.3 is 0 Å². The number of Topliss-reactive ketones (excluding diaryl/α,β-unsaturated/α-hetero) is 1. The van der Waals surface area contributed by atoms with Gasteiger partial charge in [0.15, 0.2) is 5.78 Å². The molecule has 4 nitrogen and oxygen atoms in total. The quantitative estimate of drug-likeness (QED) is 0.805. The maximum atomic E-state index is 12.3. The molecule has 0 saturated heterocycles. The maximum Gasteiger partial charge on any atom is 0.188 e. The van der Waals surface area contributed by atoms with Crippen molar-refractivity contribution in [3.05, 3.63) is 51.5 Å². The highest BCUT2D eigenvalue weighted by Gasteiger charge is 2.16. The van der Waals surface area contributed by atoms with Crippen LogP contribution in [0, 0.1) is 13.8 Å². The van der Waals surface area contributed by atoms with E-state index in [0.717, 1.165) is 22.6 Å². The fraction of sp³-hybridized carbons (Fsp3) is 0.267. The van der Waals surface area contributed by atoms with Gasteiger partial charge in [0.2, 0.25) is 0 Å². The molecular weight excluding hydrogens is 320 g/mol. The normalized spacial score (nSPS) is 10.4. The first-order valence-electron chi connectivity index (χ1n) is 6.17. The number of methoxy groups -OCH3 is 1. The van der Waals surface area contributed by atoms with Crippen molar-refractivity contribution in [3.63, 3.8) is 0 Å². The Labute approximate surface area is 126 Å². The van der Waals surface area contributed by atoms with E-state index in [4.69, 9.17) is 4.74 Å². The summed E-state index contributed by atoms with van der Waals surface area (Å²) in [5, 5.41) is 0. The lowest BCUT2D eigenvalue weighted by atomic mass is 10.0. The van der Waals surface area contributed by atoms with E-state index in [1.165, 1.54) is 0 Å². The molecule has 0 radical (unpaired) electrons. The van der Waals surface area contributed by atoms with E-state index in [9.17, 15) is 4.79 Å². The minimum atomic E-state index is -0.0704. The molecule has 20 heavy (non-hydrogen) atoms. The number of hydrogen-bond acceptors (Lipinski definition) is 4. The summed E-state index contributed by atoms with van der Waals surface area (Å²) < 4.78 is 6.05. The molecule has 0 spiro atoms. The molecule has 0 amide bonds. The molecule has 0 N–H and O–H groups in total. The van der Waals surface area contributed by atoms with E-state index in [1.54, 1.807) is 31.6 Å². The number of carbonyl (C=O) groups is 1. The predicted molar refractivity (Wildman–Crippen MR) is 80.2 cm³/mol. The third kappa shape index (κ3) is 2.88. The Morgan fingerprint density at radius 3 is 2.75 bits per heavy atom. The monoisotopic (exact) mass is 334 g/mol. The molecule has 2 aromatic rings. The molecular formula is C15H15BrN2O2. The highest BCUT2D eigenvalue weighted by Crippen LogP contribution is 2.25. The van der Waals surface area contributed by atoms with Gasteiger partial charge < -0.3 is 4.74 Å². The molecule has 0 aliphatic heterocycles. The standard InChI is InChI=1S/C15H15BrN2O2/c1-9-8-18-12(10(2)15(9)20-3)7-13(19)14-11(16)5-4-6-17-14/h4-6,8H,7H2,1-3H3. The van der Waals surface area contributed by atoms with E-state index in [1.807, 2.05) is 13.8 Å². The molecule has 0 bridgehead atoms. The number of halogens is 1. The zero-order valence-electron chi connectivity index (χ0n) is 11.6. The van der Waals surface area contributed by atoms with Gasteiger partial charge in [0.1, 0.15) is 11.4 Å². The fourth-order valence-electron chi connectivity index (χ4n) is 2.08. The topological polar surface area (TPSA) is 52.1 Å². The van der Waals surface area contributed by atoms with Gasteiger partial charge in [0.05, 0.1) is 19.2 Å². The molecule has 2 heterocycles. The summed E-state index contributed by atoms with van der Waals surface area (Å²) in [7, 11) is 1.62. The summed E-state index contributed by atoms with van der Waals surface area (Å²) in [5.74, 6) is 0.710. The third-order valence-corrected chi connectivity index (χ3v) is 3.74. The van der Waals surface area contributed by atoms with Gasteiger partial charge in [-0.05, 0) is 41.9 Å². The van der Waals surface area contributed by atoms with Crippen LogP contribution in [0.15, 0.2) is 29.0 Å². The molecule has 2 aromatic heterocycles. The second-order valence-electron chi connectivity index (χ2n) is 4.48. The Hall–Kier alpha value is -1.75. The van der Waals surface area contributed by atoms with Gasteiger partial charge in [-0.3, -0.25) is 14.8 Å². The van der Waals surface area contributed by atoms with Crippen molar-refractivity contribution < 1.29 is 9.53 Å². The lowest BCUT2D eigenvalue weighted by Crippen LogP contribution is -2.10. The Kier molecular flexibility index (Phi) is 4.49. The van der Waals surface area contributed by atoms with Crippen molar-refractivity contribution in [1.82, 2.24) is 9.97 Å². The Morgan fingerprint density at radius 2 is 2.10 bits per heavy atom. The van der Waals surface area contributed by atoms with Gasteiger partial charge in [0.25, 0.3) is 0 Å². The highest BCUT2D eigenvalue weighted by atomic mass is 79.9. The van der Waals surface area contributed by atoms with Crippen LogP contribution >= 0.6 is 15.9 Å². The van der Waals surface area contributed by atoms with Gasteiger partial charge in [-0.15, -0.1) is 0 Å². The molecule has 0 aromatic carbocycles. The van der Waals surface area contributed by atoms with Crippen LogP contribution in [0.25, 0.3) is 0 Å². The molecule has 5 heteroatoms. The summed E-state index contributed by atoms with van der Waals surface area (Å²) in [6.45, 7) is 3.84. The molecule has 0 aliphatic carbocycles. The largest absolute Gasteiger partial charge is 0.496 e. The Bertz CT molecular complexity index is 656. The van der Waals surface area contributed by atoms with E-state index < -0.39 is 0 Å². The van der Waals surface area contributed by atoms with Crippen molar-refractivity contribution >= 4 is 21.7 Å². The zero-order chi connectivity index (χ0) is 14.7. The maximum absolute atomic E-state index is 12.3. The smallest absolute Gasteiger partial charge is 0.188 e. The predicted octanol–water partition coefficient (Wildman–Crippen LogP) is 3.29. The number of pyridine rings is 2. The first-order chi connectivity index (χ1) is 9.54. The van der Waals surface area contributed by atoms with Crippen LogP contribution in [0.1, 0.15) is 27.3 Å². The summed E-state index contributed by atoms with van der Waals surface area (Å²) in [5.41, 5.74) is 3.00. The molecule has 104 valence electrons. The van der Waals surface area contributed by atoms with Crippen LogP contribution in [-0.2, 0) is 6.42 Å². The molecule has 0 aliphatic rings. The molecule has 2 rings (SSSR count). The van der Waals surface area contributed by atoms with Crippen LogP contribution in [0.5, 0.6) is 5.75 Å². The molecule has 0 unspecified atom stereocenters. The van der Waals surface area contributed by atoms with Gasteiger partial charge in [0, 0.05) is 28.0 Å². The van der Waals surface area contributed by atoms with Crippen molar-refractivity contribution in [1.29, 1.82) is 0 Å². The molecule has 0 atom stereocenters. The Morgan fingerprint density at radius 1 is 1.35 bits per heavy atom. The fourth-order valence-corrected chi connectivity index (χ4v) is 2.55. The van der Waals surface area contributed by atoms with Crippen LogP contribution in [0.4, 0.5) is 0 Å². The number of carbonyl (C=O) groups excluding carboxylic acids is 1. The molecule has 0 fully saturated rings. The number of aromatic nitrogens is 2. The van der Waals surface area contributed by atoms with E-state index in [0.29, 0.717) is 10.2 Å². The van der Waals surface area contributed by atoms with Crippen LogP contribution < -0.4 is 4.74 Å². The lowest BCUT2D eigenvalue weighted by molar-refractivity contribution is 0.0986. The summed E-state index contributed by atoms with van der Waals surface area (Å²) in [6.07, 6.45) is 3.54. The van der Waals surface area contributed by atoms with E-state index >= 15 is 0 Å². The highest BCUT2D eigenvalue weighted by molar-refractivity contribution is 9.10. The van der Waals surface area contributed by atoms with Gasteiger partial charge in [-0.25, -0.2) is 0 Å². The average molecular weight is 335 g/mol. The average Bonchev–Trinajstić information content (AvgIpc) is 2.43. The van der Waals surface area contributed by atoms with Crippen LogP contribution in [0.3, 0.4) is 0 Å². The third-order valence-electron chi connectivity index (χ3n) is 3.10. The first-order valence-corrected chi connectivity index (χ1v) is 6.96. The SMILES string of the molecule is COc1c(C)cnc(CC(=O)c2ncccc2Br)c1C. The van der Waals surface area contributed by atoms with Crippen molar-refractivity contribution in [2.75, 3.05) is 7.11 Å². The molecule has 0 saturated carbocycles. The van der Waals surface area contributed by atoms with E-state index in [-0.39, 0.29) is 12.2 Å². The number of aryl methyl sites for hydroxylation is 1. The number of hydrogen-bond donors (Lipinski definition) is 0. The van der Waals surface area contributed by atoms with Crippen LogP contribution in [0.2, 0.25) is 0 Å². The zero-order valence-corrected chi connectivity index (χ0v) is 13.2. The number of nitrogens with zero attached hydrogens (tertiary/aromatic N) is 2. The number of ketones is 1. The lowest BCUT2D eigenvalue weighted by Gasteiger charge is -2.11. The number of rotatable bonds is 4. The van der Waals surface area contributed by atoms with Gasteiger partial charge in [-0.1, -0.05) is 0 Å². The van der Waals surface area contributed by atoms with Crippen molar-refractivity contribution in [3.8, 4) is 5.75 Å². The Balaban J connectivity index is 2.32. The van der Waals surface area contributed by atoms with Crippen molar-refractivity contribution in [2.24, 2.45) is 0 Å². The second-order valence-corrected chi connectivity index (χ2v) is 5.33. The van der Waals surface area contributed by atoms with Crippen LogP contribution in [-0.4, -0.2) is 22.9 Å². The second kappa shape index (κ2) is 6.13. The van der Waals surface area contributed by atoms with E-state index in [2.05, 4.69) is 25.9 Å². The summed E-state index contributed by atoms with van der Waals surface area (Å²) in [4.78, 5) is 20.7. The van der Waals surface area contributed by atoms with Gasteiger partial charge in [-0.2, -0.15) is 0 Å².